The van der Waals surface area contributed by atoms with E-state index in [1.807, 2.05) is 0 Å². The lowest BCUT2D eigenvalue weighted by molar-refractivity contribution is -0.230. The smallest absolute Gasteiger partial charge is 0.339 e. The monoisotopic (exact) mass is 436 g/mol. The van der Waals surface area contributed by atoms with E-state index in [0.717, 1.165) is 0 Å². The molecule has 0 fully saturated rings. The summed E-state index contributed by atoms with van der Waals surface area (Å²) < 4.78 is 0. The molecule has 3 aromatic rings. The van der Waals surface area contributed by atoms with Crippen LogP contribution in [0.5, 0.6) is 0 Å². The van der Waals surface area contributed by atoms with Crippen LogP contribution in [0.4, 0.5) is 0 Å². The van der Waals surface area contributed by atoms with Gasteiger partial charge in [0.15, 0.2) is 5.60 Å². The van der Waals surface area contributed by atoms with Crippen molar-refractivity contribution in [2.75, 3.05) is 0 Å². The maximum absolute atomic E-state index is 12.3. The normalized spacial score (nSPS) is 17.0. The first-order valence-electron chi connectivity index (χ1n) is 10.4. The van der Waals surface area contributed by atoms with E-state index in [2.05, 4.69) is 0 Å². The SMILES string of the molecule is O=C(O)[C@](O)(Cc1ccccc1)[C@@](O)(Cc1ccccc1)[C@H](O)C(O)Cc1ccccc1. The van der Waals surface area contributed by atoms with E-state index in [1.165, 1.54) is 0 Å². The van der Waals surface area contributed by atoms with Crippen molar-refractivity contribution in [2.24, 2.45) is 0 Å². The van der Waals surface area contributed by atoms with E-state index in [9.17, 15) is 30.3 Å². The number of aliphatic carboxylic acids is 1. The lowest BCUT2D eigenvalue weighted by Crippen LogP contribution is -2.69. The second kappa shape index (κ2) is 10.1. The predicted octanol–water partition coefficient (Wildman–Crippen LogP) is 1.98. The van der Waals surface area contributed by atoms with Crippen molar-refractivity contribution in [3.05, 3.63) is 108 Å². The fraction of sp³-hybridized carbons (Fsp3) is 0.269. The summed E-state index contributed by atoms with van der Waals surface area (Å²) in [6.45, 7) is 0. The first-order chi connectivity index (χ1) is 15.3. The first-order valence-corrected chi connectivity index (χ1v) is 10.4. The van der Waals surface area contributed by atoms with Crippen LogP contribution in [0.15, 0.2) is 91.0 Å². The highest BCUT2D eigenvalue weighted by molar-refractivity contribution is 5.80. The zero-order valence-electron chi connectivity index (χ0n) is 17.6. The highest BCUT2D eigenvalue weighted by atomic mass is 16.4. The summed E-state index contributed by atoms with van der Waals surface area (Å²) >= 11 is 0. The van der Waals surface area contributed by atoms with Crippen LogP contribution in [0.25, 0.3) is 0 Å². The molecule has 0 spiro atoms. The summed E-state index contributed by atoms with van der Waals surface area (Å²) in [5.41, 5.74) is -3.70. The first kappa shape index (κ1) is 23.6. The average Bonchev–Trinajstić information content (AvgIpc) is 2.80. The molecule has 0 aliphatic rings. The molecule has 0 heterocycles. The molecule has 0 saturated carbocycles. The highest BCUT2D eigenvalue weighted by Gasteiger charge is 2.60. The Balaban J connectivity index is 2.02. The standard InChI is InChI=1S/C26H28O6/c27-22(16-19-10-4-1-5-11-19)23(28)25(31,17-20-12-6-2-7-13-20)26(32,24(29)30)18-21-14-8-3-9-15-21/h1-15,22-23,27-28,31-32H,16-18H2,(H,29,30)/t22?,23-,25-,26-/m1/s1. The summed E-state index contributed by atoms with van der Waals surface area (Å²) in [4.78, 5) is 12.3. The van der Waals surface area contributed by atoms with Crippen molar-refractivity contribution >= 4 is 5.97 Å². The molecule has 0 amide bonds. The van der Waals surface area contributed by atoms with Crippen LogP contribution in [0.1, 0.15) is 16.7 Å². The Hall–Kier alpha value is -3.03. The van der Waals surface area contributed by atoms with Gasteiger partial charge in [-0.3, -0.25) is 0 Å². The average molecular weight is 437 g/mol. The number of carbonyl (C=O) groups is 1. The molecule has 6 heteroatoms. The number of carboxylic acids is 1. The number of aliphatic hydroxyl groups excluding tert-OH is 2. The van der Waals surface area contributed by atoms with Gasteiger partial charge < -0.3 is 25.5 Å². The van der Waals surface area contributed by atoms with Crippen molar-refractivity contribution < 1.29 is 30.3 Å². The third-order valence-electron chi connectivity index (χ3n) is 5.83. The molecule has 0 radical (unpaired) electrons. The molecule has 6 nitrogen and oxygen atoms in total. The topological polar surface area (TPSA) is 118 Å². The van der Waals surface area contributed by atoms with Crippen LogP contribution in [0.3, 0.4) is 0 Å². The summed E-state index contributed by atoms with van der Waals surface area (Å²) in [6.07, 6.45) is -4.33. The fourth-order valence-electron chi connectivity index (χ4n) is 3.99. The van der Waals surface area contributed by atoms with Crippen molar-refractivity contribution in [3.8, 4) is 0 Å². The third kappa shape index (κ3) is 5.06. The summed E-state index contributed by atoms with van der Waals surface area (Å²) in [5.74, 6) is -1.69. The Labute approximate surface area is 187 Å². The second-order valence-electron chi connectivity index (χ2n) is 8.12. The van der Waals surface area contributed by atoms with Crippen molar-refractivity contribution in [1.82, 2.24) is 0 Å². The summed E-state index contributed by atoms with van der Waals surface area (Å²) in [5, 5.41) is 55.0. The molecule has 0 aliphatic carbocycles. The molecule has 32 heavy (non-hydrogen) atoms. The number of rotatable bonds is 10. The number of benzene rings is 3. The molecule has 0 bridgehead atoms. The minimum absolute atomic E-state index is 0.0276. The Kier molecular flexibility index (Phi) is 7.43. The summed E-state index contributed by atoms with van der Waals surface area (Å²) in [6, 6.07) is 25.7. The van der Waals surface area contributed by atoms with E-state index in [1.54, 1.807) is 91.0 Å². The lowest BCUT2D eigenvalue weighted by atomic mass is 9.69. The van der Waals surface area contributed by atoms with Gasteiger partial charge >= 0.3 is 5.97 Å². The number of carboxylic acid groups (broad SMARTS) is 1. The van der Waals surface area contributed by atoms with E-state index in [-0.39, 0.29) is 12.8 Å². The van der Waals surface area contributed by atoms with E-state index in [4.69, 9.17) is 0 Å². The van der Waals surface area contributed by atoms with Gasteiger partial charge in [0.25, 0.3) is 0 Å². The molecular formula is C26H28O6. The van der Waals surface area contributed by atoms with Gasteiger partial charge in [0.2, 0.25) is 0 Å². The number of hydrogen-bond acceptors (Lipinski definition) is 5. The van der Waals surface area contributed by atoms with Crippen LogP contribution < -0.4 is 0 Å². The Morgan fingerprint density at radius 3 is 1.53 bits per heavy atom. The van der Waals surface area contributed by atoms with Crippen LogP contribution >= 0.6 is 0 Å². The fourth-order valence-corrected chi connectivity index (χ4v) is 3.99. The molecule has 3 rings (SSSR count). The van der Waals surface area contributed by atoms with E-state index in [0.29, 0.717) is 16.7 Å². The van der Waals surface area contributed by atoms with Gasteiger partial charge in [-0.25, -0.2) is 4.79 Å². The van der Waals surface area contributed by atoms with E-state index < -0.39 is 35.8 Å². The van der Waals surface area contributed by atoms with Gasteiger partial charge in [0, 0.05) is 19.3 Å². The largest absolute Gasteiger partial charge is 0.479 e. The Morgan fingerprint density at radius 1 is 0.688 bits per heavy atom. The second-order valence-corrected chi connectivity index (χ2v) is 8.12. The van der Waals surface area contributed by atoms with Crippen molar-refractivity contribution in [2.45, 2.75) is 42.7 Å². The van der Waals surface area contributed by atoms with Gasteiger partial charge in [0.05, 0.1) is 6.10 Å². The summed E-state index contributed by atoms with van der Waals surface area (Å²) in [7, 11) is 0. The van der Waals surface area contributed by atoms with Crippen molar-refractivity contribution in [3.63, 3.8) is 0 Å². The molecule has 4 atom stereocenters. The van der Waals surface area contributed by atoms with E-state index >= 15 is 0 Å². The van der Waals surface area contributed by atoms with Crippen LogP contribution in [0.2, 0.25) is 0 Å². The molecule has 0 aliphatic heterocycles. The van der Waals surface area contributed by atoms with Gasteiger partial charge in [-0.15, -0.1) is 0 Å². The molecule has 0 saturated heterocycles. The number of hydrogen-bond donors (Lipinski definition) is 5. The molecule has 3 aromatic carbocycles. The Morgan fingerprint density at radius 2 is 1.09 bits per heavy atom. The van der Waals surface area contributed by atoms with Crippen LogP contribution in [0, 0.1) is 0 Å². The zero-order chi connectivity index (χ0) is 23.2. The minimum atomic E-state index is -2.78. The Bertz CT molecular complexity index is 995. The zero-order valence-corrected chi connectivity index (χ0v) is 17.6. The van der Waals surface area contributed by atoms with Gasteiger partial charge in [-0.2, -0.15) is 0 Å². The highest BCUT2D eigenvalue weighted by Crippen LogP contribution is 2.35. The van der Waals surface area contributed by atoms with Crippen LogP contribution in [-0.4, -0.2) is 54.9 Å². The lowest BCUT2D eigenvalue weighted by Gasteiger charge is -2.45. The molecular weight excluding hydrogens is 408 g/mol. The van der Waals surface area contributed by atoms with Crippen molar-refractivity contribution in [1.29, 1.82) is 0 Å². The van der Waals surface area contributed by atoms with Crippen LogP contribution in [-0.2, 0) is 24.1 Å². The molecule has 5 N–H and O–H groups in total. The molecule has 168 valence electrons. The molecule has 1 unspecified atom stereocenters. The molecule has 0 aromatic heterocycles. The van der Waals surface area contributed by atoms with Gasteiger partial charge in [-0.1, -0.05) is 91.0 Å². The predicted molar refractivity (Wildman–Crippen MR) is 120 cm³/mol. The maximum atomic E-state index is 12.3. The quantitative estimate of drug-likeness (QED) is 0.332. The minimum Gasteiger partial charge on any atom is -0.479 e. The maximum Gasteiger partial charge on any atom is 0.339 e. The van der Waals surface area contributed by atoms with Gasteiger partial charge in [-0.05, 0) is 16.7 Å². The number of aliphatic hydroxyl groups is 4. The third-order valence-corrected chi connectivity index (χ3v) is 5.83. The van der Waals surface area contributed by atoms with Gasteiger partial charge in [0.1, 0.15) is 11.7 Å².